The van der Waals surface area contributed by atoms with E-state index in [4.69, 9.17) is 4.42 Å². The van der Waals surface area contributed by atoms with Crippen molar-refractivity contribution in [3.63, 3.8) is 0 Å². The molecule has 5 heteroatoms. The number of hydrogen-bond acceptors (Lipinski definition) is 4. The van der Waals surface area contributed by atoms with Crippen molar-refractivity contribution in [2.45, 2.75) is 45.1 Å². The van der Waals surface area contributed by atoms with Crippen LogP contribution in [0.1, 0.15) is 54.0 Å². The number of benzene rings is 4. The molecule has 0 saturated heterocycles. The summed E-state index contributed by atoms with van der Waals surface area (Å²) < 4.78 is 6.38. The van der Waals surface area contributed by atoms with Crippen LogP contribution in [-0.4, -0.2) is 23.1 Å². The van der Waals surface area contributed by atoms with E-state index in [1.54, 1.807) is 6.34 Å². The van der Waals surface area contributed by atoms with Gasteiger partial charge in [0.1, 0.15) is 5.58 Å². The van der Waals surface area contributed by atoms with Crippen molar-refractivity contribution < 1.29 is 24.5 Å². The molecular weight excluding hydrogens is 779 g/mol. The van der Waals surface area contributed by atoms with Gasteiger partial charge in [0.05, 0.1) is 18.0 Å². The quantitative estimate of drug-likeness (QED) is 0.167. The molecule has 1 aliphatic heterocycles. The summed E-state index contributed by atoms with van der Waals surface area (Å²) in [5, 5.41) is 4.73. The molecule has 10 rings (SSSR count). The van der Waals surface area contributed by atoms with E-state index in [9.17, 15) is 0 Å². The first-order valence-electron chi connectivity index (χ1n) is 16.8. The summed E-state index contributed by atoms with van der Waals surface area (Å²) in [5.74, 6) is 0.353. The molecule has 6 aromatic rings. The third kappa shape index (κ3) is 5.29. The van der Waals surface area contributed by atoms with Gasteiger partial charge in [-0.1, -0.05) is 86.0 Å². The summed E-state index contributed by atoms with van der Waals surface area (Å²) in [4.78, 5) is 13.5. The Kier molecular flexibility index (Phi) is 8.19. The molecule has 0 saturated carbocycles. The van der Waals surface area contributed by atoms with Gasteiger partial charge < -0.3 is 9.40 Å². The van der Waals surface area contributed by atoms with Gasteiger partial charge in [-0.15, -0.1) is 53.1 Å². The molecule has 2 unspecified atom stereocenters. The number of aromatic nitrogens is 1. The molecule has 0 N–H and O–H groups in total. The van der Waals surface area contributed by atoms with Crippen molar-refractivity contribution in [2.75, 3.05) is 0 Å². The van der Waals surface area contributed by atoms with Crippen LogP contribution < -0.4 is 0 Å². The Morgan fingerprint density at radius 3 is 2.71 bits per heavy atom. The fourth-order valence-corrected chi connectivity index (χ4v) is 7.63. The third-order valence-corrected chi connectivity index (χ3v) is 10.0. The third-order valence-electron chi connectivity index (χ3n) is 10.0. The summed E-state index contributed by atoms with van der Waals surface area (Å²) in [6, 6.07) is 29.9. The number of rotatable bonds is 4. The first kappa shape index (κ1) is 31.3. The normalized spacial score (nSPS) is 18.0. The second-order valence-electron chi connectivity index (χ2n) is 12.7. The first-order chi connectivity index (χ1) is 23.7. The summed E-state index contributed by atoms with van der Waals surface area (Å²) in [7, 11) is 0. The maximum absolute atomic E-state index is 6.38. The maximum atomic E-state index is 6.38. The summed E-state index contributed by atoms with van der Waals surface area (Å²) >= 11 is 0. The molecule has 3 aliphatic carbocycles. The van der Waals surface area contributed by atoms with Gasteiger partial charge in [-0.25, -0.2) is 0 Å². The fourth-order valence-electron chi connectivity index (χ4n) is 7.63. The Morgan fingerprint density at radius 1 is 0.898 bits per heavy atom. The average Bonchev–Trinajstić information content (AvgIpc) is 3.78. The second kappa shape index (κ2) is 12.8. The predicted octanol–water partition coefficient (Wildman–Crippen LogP) is 10.3. The van der Waals surface area contributed by atoms with Gasteiger partial charge >= 0.3 is 0 Å². The van der Waals surface area contributed by atoms with E-state index in [2.05, 4.69) is 132 Å². The SMILES string of the molecule is CCC1N=CN=C1c1[c-]cc2c(c1)oc1cc3c4c(c12)C=CC1=CC=CC(=CC3)C14.CCc1cc[c-]c(-c2nccc3ccccc23)c1.[Ir]. The van der Waals surface area contributed by atoms with E-state index in [0.29, 0.717) is 5.92 Å². The monoisotopic (exact) mass is 812 g/mol. The molecule has 0 amide bonds. The minimum absolute atomic E-state index is 0. The van der Waals surface area contributed by atoms with Gasteiger partial charge in [0.15, 0.2) is 0 Å². The Hall–Kier alpha value is -4.96. The number of aryl methyl sites for hydroxylation is 1. The molecule has 4 aliphatic rings. The van der Waals surface area contributed by atoms with Crippen molar-refractivity contribution in [2.24, 2.45) is 9.98 Å². The summed E-state index contributed by atoms with van der Waals surface area (Å²) in [5.41, 5.74) is 14.1. The second-order valence-corrected chi connectivity index (χ2v) is 12.7. The van der Waals surface area contributed by atoms with E-state index in [-0.39, 0.29) is 26.1 Å². The summed E-state index contributed by atoms with van der Waals surface area (Å²) in [6.45, 7) is 4.30. The van der Waals surface area contributed by atoms with Crippen LogP contribution in [0.3, 0.4) is 0 Å². The molecule has 0 spiro atoms. The largest absolute Gasteiger partial charge is 0.476 e. The van der Waals surface area contributed by atoms with E-state index in [1.807, 2.05) is 18.3 Å². The minimum Gasteiger partial charge on any atom is -0.476 e. The van der Waals surface area contributed by atoms with Crippen LogP contribution in [0.5, 0.6) is 0 Å². The molecule has 4 nitrogen and oxygen atoms in total. The van der Waals surface area contributed by atoms with Gasteiger partial charge in [0.25, 0.3) is 0 Å². The van der Waals surface area contributed by atoms with E-state index in [0.717, 1.165) is 58.3 Å². The van der Waals surface area contributed by atoms with E-state index >= 15 is 0 Å². The molecule has 1 radical (unpaired) electrons. The zero-order valence-corrected chi connectivity index (χ0v) is 29.7. The Bertz CT molecular complexity index is 2470. The van der Waals surface area contributed by atoms with Crippen LogP contribution in [0.2, 0.25) is 0 Å². The molecule has 241 valence electrons. The number of hydrogen-bond donors (Lipinski definition) is 0. The maximum Gasteiger partial charge on any atom is 0.124 e. The smallest absolute Gasteiger partial charge is 0.124 e. The van der Waals surface area contributed by atoms with Gasteiger partial charge in [-0.05, 0) is 86.8 Å². The molecule has 3 heterocycles. The van der Waals surface area contributed by atoms with E-state index < -0.39 is 0 Å². The Morgan fingerprint density at radius 2 is 1.82 bits per heavy atom. The number of allylic oxidation sites excluding steroid dienone is 7. The summed E-state index contributed by atoms with van der Waals surface area (Å²) in [6.07, 6.45) is 20.0. The van der Waals surface area contributed by atoms with Crippen LogP contribution in [0.15, 0.2) is 129 Å². The van der Waals surface area contributed by atoms with Crippen LogP contribution in [0.25, 0.3) is 50.0 Å². The number of furan rings is 1. The predicted molar refractivity (Wildman–Crippen MR) is 198 cm³/mol. The molecule has 0 bridgehead atoms. The van der Waals surface area contributed by atoms with Crippen LogP contribution in [0, 0.1) is 12.1 Å². The van der Waals surface area contributed by atoms with Gasteiger partial charge in [0, 0.05) is 32.2 Å². The van der Waals surface area contributed by atoms with Crippen LogP contribution >= 0.6 is 0 Å². The number of nitrogens with zero attached hydrogens (tertiary/aromatic N) is 3. The van der Waals surface area contributed by atoms with Crippen molar-refractivity contribution in [3.05, 3.63) is 154 Å². The Labute approximate surface area is 299 Å². The first-order valence-corrected chi connectivity index (χ1v) is 16.8. The Balaban J connectivity index is 0.000000158. The number of fused-ring (bicyclic) bond motifs is 5. The van der Waals surface area contributed by atoms with Gasteiger partial charge in [-0.3, -0.25) is 9.98 Å². The number of pyridine rings is 1. The van der Waals surface area contributed by atoms with Crippen molar-refractivity contribution >= 4 is 50.8 Å². The van der Waals surface area contributed by atoms with Crippen LogP contribution in [-0.2, 0) is 32.9 Å². The minimum atomic E-state index is 0. The topological polar surface area (TPSA) is 50.8 Å². The molecular formula is C44H33IrN3O-2. The average molecular weight is 812 g/mol. The van der Waals surface area contributed by atoms with Crippen LogP contribution in [0.4, 0.5) is 0 Å². The molecule has 2 aromatic heterocycles. The fraction of sp³-hybridized carbons (Fsp3) is 0.159. The standard InChI is InChI=1S/C27H19N2O.C17H14N.Ir/c1-2-21-27(29-14-28-21)18-9-10-19-22(13-18)30-23-12-17-7-6-15-4-3-5-16-8-11-20(26(19)23)25(17)24(15)16;1-2-13-6-5-8-15(12-13)17-16-9-4-3-7-14(16)10-11-18-17;/h3-6,8,10-14,21,24H,2,7H2,1H3;3-7,9-12H,2H2,1H3;/q2*-1;. The van der Waals surface area contributed by atoms with Crippen molar-refractivity contribution in [3.8, 4) is 11.3 Å². The molecule has 49 heavy (non-hydrogen) atoms. The molecule has 4 aromatic carbocycles. The molecule has 0 fully saturated rings. The van der Waals surface area contributed by atoms with Gasteiger partial charge in [-0.2, -0.15) is 0 Å². The zero-order valence-electron chi connectivity index (χ0n) is 27.3. The zero-order chi connectivity index (χ0) is 32.2. The number of aliphatic imine (C=N–C) groups is 2. The molecule has 2 atom stereocenters. The van der Waals surface area contributed by atoms with Crippen molar-refractivity contribution in [1.82, 2.24) is 4.98 Å². The van der Waals surface area contributed by atoms with E-state index in [1.165, 1.54) is 49.6 Å². The van der Waals surface area contributed by atoms with Crippen molar-refractivity contribution in [1.29, 1.82) is 0 Å². The van der Waals surface area contributed by atoms with Gasteiger partial charge in [0.2, 0.25) is 0 Å².